The minimum atomic E-state index is -0.829. The van der Waals surface area contributed by atoms with Crippen molar-refractivity contribution in [3.63, 3.8) is 0 Å². The summed E-state index contributed by atoms with van der Waals surface area (Å²) in [4.78, 5) is 17.8. The summed E-state index contributed by atoms with van der Waals surface area (Å²) in [6.07, 6.45) is 10.1. The lowest BCUT2D eigenvalue weighted by Crippen LogP contribution is -2.03. The monoisotopic (exact) mass is 538 g/mol. The number of benzene rings is 2. The van der Waals surface area contributed by atoms with Gasteiger partial charge < -0.3 is 20.5 Å². The van der Waals surface area contributed by atoms with E-state index in [1.54, 1.807) is 24.3 Å². The first-order valence-corrected chi connectivity index (χ1v) is 12.8. The second kappa shape index (κ2) is 10.9. The van der Waals surface area contributed by atoms with Crippen LogP contribution in [0, 0.1) is 0 Å². The molecule has 11 heteroatoms. The molecule has 2 aromatic carbocycles. The topological polar surface area (TPSA) is 114 Å². The molecule has 0 atom stereocenters. The Bertz CT molecular complexity index is 1760. The minimum Gasteiger partial charge on any atom is -0.508 e. The van der Waals surface area contributed by atoms with E-state index in [9.17, 15) is 9.50 Å². The smallest absolute Gasteiger partial charge is 0.236 e. The van der Waals surface area contributed by atoms with E-state index in [0.29, 0.717) is 23.3 Å². The number of imidazole rings is 2. The number of halogens is 1. The zero-order valence-corrected chi connectivity index (χ0v) is 21.7. The lowest BCUT2D eigenvalue weighted by molar-refractivity contribution is 0.192. The number of fused-ring (bicyclic) bond motifs is 2. The van der Waals surface area contributed by atoms with Crippen LogP contribution in [0.3, 0.4) is 0 Å². The van der Waals surface area contributed by atoms with Gasteiger partial charge in [0.2, 0.25) is 18.4 Å². The van der Waals surface area contributed by atoms with Crippen molar-refractivity contribution in [3.05, 3.63) is 85.5 Å². The van der Waals surface area contributed by atoms with Crippen LogP contribution >= 0.6 is 0 Å². The van der Waals surface area contributed by atoms with E-state index in [0.717, 1.165) is 34.2 Å². The number of aromatic nitrogens is 6. The van der Waals surface area contributed by atoms with Crippen LogP contribution in [0.25, 0.3) is 34.1 Å². The van der Waals surface area contributed by atoms with E-state index in [4.69, 9.17) is 4.74 Å². The second-order valence-corrected chi connectivity index (χ2v) is 9.29. The lowest BCUT2D eigenvalue weighted by Gasteiger charge is -2.02. The molecular formula is C29H27FN8O2. The van der Waals surface area contributed by atoms with E-state index in [-0.39, 0.29) is 5.75 Å². The third kappa shape index (κ3) is 5.63. The summed E-state index contributed by atoms with van der Waals surface area (Å²) in [7, 11) is 1.81. The maximum absolute atomic E-state index is 12.1. The Morgan fingerprint density at radius 2 is 1.50 bits per heavy atom. The maximum Gasteiger partial charge on any atom is 0.236 e. The van der Waals surface area contributed by atoms with Gasteiger partial charge in [-0.2, -0.15) is 9.97 Å². The summed E-state index contributed by atoms with van der Waals surface area (Å²) in [5, 5.41) is 15.9. The number of phenols is 1. The van der Waals surface area contributed by atoms with Crippen LogP contribution in [0.1, 0.15) is 12.8 Å². The van der Waals surface area contributed by atoms with Crippen LogP contribution in [0.2, 0.25) is 0 Å². The van der Waals surface area contributed by atoms with Crippen LogP contribution in [0.15, 0.2) is 85.5 Å². The molecule has 4 heterocycles. The number of nitrogens with one attached hydrogen (secondary N) is 2. The number of aromatic hydroxyl groups is 1. The third-order valence-electron chi connectivity index (χ3n) is 6.35. The van der Waals surface area contributed by atoms with Gasteiger partial charge in [0, 0.05) is 49.0 Å². The van der Waals surface area contributed by atoms with Gasteiger partial charge in [-0.3, -0.25) is 8.80 Å². The molecule has 3 N–H and O–H groups in total. The largest absolute Gasteiger partial charge is 0.508 e. The Kier molecular flexibility index (Phi) is 6.84. The standard InChI is InChI=1S/C15H14N4O.C14H13FN4O/c20-12-3-1-2-10(8-12)13-9-19-7-6-14(16-11-4-5-11)18-15(19)17-13;1-16-13-6-7-19-8-12(17-14(19)18-13)10-2-4-11(5-3-10)20-9-15/h1-3,6-9,11,20H,4-5H2,(H,16,17,18);2-8H,9H2,1H3,(H,16,17,18). The average molecular weight is 539 g/mol. The normalized spacial score (nSPS) is 12.7. The summed E-state index contributed by atoms with van der Waals surface area (Å²) in [6.45, 7) is -0.829. The number of anilines is 2. The molecule has 0 amide bonds. The molecular weight excluding hydrogens is 511 g/mol. The quantitative estimate of drug-likeness (QED) is 0.247. The Labute approximate surface area is 229 Å². The molecule has 0 saturated heterocycles. The number of hydrogen-bond donors (Lipinski definition) is 3. The number of phenolic OH excluding ortho intramolecular Hbond substituents is 1. The van der Waals surface area contributed by atoms with Gasteiger partial charge in [0.15, 0.2) is 0 Å². The molecule has 1 aliphatic carbocycles. The first kappa shape index (κ1) is 25.1. The highest BCUT2D eigenvalue weighted by molar-refractivity contribution is 5.64. The van der Waals surface area contributed by atoms with Crippen molar-refractivity contribution in [2.75, 3.05) is 24.5 Å². The molecule has 1 fully saturated rings. The predicted molar refractivity (Wildman–Crippen MR) is 151 cm³/mol. The number of alkyl halides is 1. The molecule has 1 aliphatic rings. The lowest BCUT2D eigenvalue weighted by atomic mass is 10.2. The van der Waals surface area contributed by atoms with E-state index in [1.165, 1.54) is 12.8 Å². The van der Waals surface area contributed by atoms with E-state index in [1.807, 2.05) is 77.0 Å². The highest BCUT2D eigenvalue weighted by Gasteiger charge is 2.21. The van der Waals surface area contributed by atoms with E-state index in [2.05, 4.69) is 30.6 Å². The molecule has 4 aromatic heterocycles. The van der Waals surface area contributed by atoms with E-state index >= 15 is 0 Å². The molecule has 202 valence electrons. The molecule has 0 aliphatic heterocycles. The molecule has 0 bridgehead atoms. The second-order valence-electron chi connectivity index (χ2n) is 9.29. The zero-order valence-electron chi connectivity index (χ0n) is 21.7. The van der Waals surface area contributed by atoms with Gasteiger partial charge in [-0.05, 0) is 61.4 Å². The highest BCUT2D eigenvalue weighted by Crippen LogP contribution is 2.26. The Balaban J connectivity index is 0.000000145. The number of rotatable bonds is 7. The number of ether oxygens (including phenoxy) is 1. The number of nitrogens with zero attached hydrogens (tertiary/aromatic N) is 6. The molecule has 1 saturated carbocycles. The van der Waals surface area contributed by atoms with E-state index < -0.39 is 6.86 Å². The Morgan fingerprint density at radius 3 is 2.12 bits per heavy atom. The summed E-state index contributed by atoms with van der Waals surface area (Å²) < 4.78 is 20.6. The van der Waals surface area contributed by atoms with Gasteiger partial charge in [0.1, 0.15) is 23.1 Å². The van der Waals surface area contributed by atoms with Gasteiger partial charge in [-0.1, -0.05) is 12.1 Å². The molecule has 0 spiro atoms. The summed E-state index contributed by atoms with van der Waals surface area (Å²) in [5.74, 6) is 3.65. The van der Waals surface area contributed by atoms with Crippen molar-refractivity contribution in [1.29, 1.82) is 0 Å². The minimum absolute atomic E-state index is 0.239. The van der Waals surface area contributed by atoms with Crippen molar-refractivity contribution in [2.45, 2.75) is 18.9 Å². The fourth-order valence-electron chi connectivity index (χ4n) is 4.13. The molecule has 0 radical (unpaired) electrons. The summed E-state index contributed by atoms with van der Waals surface area (Å²) >= 11 is 0. The van der Waals surface area contributed by atoms with Gasteiger partial charge in [0.05, 0.1) is 11.4 Å². The fraction of sp³-hybridized carbons (Fsp3) is 0.172. The molecule has 10 nitrogen and oxygen atoms in total. The molecule has 40 heavy (non-hydrogen) atoms. The summed E-state index contributed by atoms with van der Waals surface area (Å²) in [6, 6.07) is 18.6. The Hall–Kier alpha value is -5.19. The van der Waals surface area contributed by atoms with Gasteiger partial charge in [-0.25, -0.2) is 14.4 Å². The van der Waals surface area contributed by atoms with Crippen LogP contribution in [-0.4, -0.2) is 53.8 Å². The Morgan fingerprint density at radius 1 is 0.850 bits per heavy atom. The third-order valence-corrected chi connectivity index (χ3v) is 6.35. The number of hydrogen-bond acceptors (Lipinski definition) is 8. The summed E-state index contributed by atoms with van der Waals surface area (Å²) in [5.41, 5.74) is 3.41. The van der Waals surface area contributed by atoms with Crippen LogP contribution in [-0.2, 0) is 0 Å². The van der Waals surface area contributed by atoms with Crippen LogP contribution < -0.4 is 15.4 Å². The van der Waals surface area contributed by atoms with Crippen molar-refractivity contribution in [1.82, 2.24) is 28.7 Å². The fourth-order valence-corrected chi connectivity index (χ4v) is 4.13. The van der Waals surface area contributed by atoms with Gasteiger partial charge >= 0.3 is 0 Å². The van der Waals surface area contributed by atoms with Crippen molar-refractivity contribution in [3.8, 4) is 34.0 Å². The highest BCUT2D eigenvalue weighted by atomic mass is 19.1. The van der Waals surface area contributed by atoms with Crippen LogP contribution in [0.4, 0.5) is 16.0 Å². The first-order chi connectivity index (χ1) is 19.6. The van der Waals surface area contributed by atoms with Crippen molar-refractivity contribution < 1.29 is 14.2 Å². The maximum atomic E-state index is 12.1. The average Bonchev–Trinajstić information content (AvgIpc) is 3.52. The molecule has 0 unspecified atom stereocenters. The molecule has 7 rings (SSSR count). The van der Waals surface area contributed by atoms with Crippen LogP contribution in [0.5, 0.6) is 11.5 Å². The van der Waals surface area contributed by atoms with Crippen molar-refractivity contribution >= 4 is 23.2 Å². The van der Waals surface area contributed by atoms with Crippen molar-refractivity contribution in [2.24, 2.45) is 0 Å². The van der Waals surface area contributed by atoms with Gasteiger partial charge in [-0.15, -0.1) is 0 Å². The predicted octanol–water partition coefficient (Wildman–Crippen LogP) is 5.42. The zero-order chi connectivity index (χ0) is 27.5. The SMILES string of the molecule is CNc1ccn2cc(-c3ccc(OCF)cc3)nc2n1.Oc1cccc(-c2cn3ccc(NC4CC4)nc3n2)c1. The first-order valence-electron chi connectivity index (χ1n) is 12.8. The van der Waals surface area contributed by atoms with Gasteiger partial charge in [0.25, 0.3) is 0 Å². The molecule has 6 aromatic rings.